The lowest BCUT2D eigenvalue weighted by atomic mass is 9.90. The van der Waals surface area contributed by atoms with Crippen LogP contribution in [0.1, 0.15) is 26.2 Å². The summed E-state index contributed by atoms with van der Waals surface area (Å²) < 4.78 is 4.63. The fourth-order valence-electron chi connectivity index (χ4n) is 1.40. The standard InChI is InChI=1S/C9H14O2/c1-7-4-3-5-8(6-7)9(10)11-2/h5,7H,3-4,6H2,1-2H3. The monoisotopic (exact) mass is 154 g/mol. The highest BCUT2D eigenvalue weighted by Crippen LogP contribution is 2.23. The molecule has 1 unspecified atom stereocenters. The number of ether oxygens (including phenoxy) is 1. The molecule has 11 heavy (non-hydrogen) atoms. The van der Waals surface area contributed by atoms with Gasteiger partial charge in [-0.3, -0.25) is 0 Å². The maximum atomic E-state index is 11.0. The third-order valence-electron chi connectivity index (χ3n) is 2.07. The molecule has 0 aromatic carbocycles. The molecule has 1 atom stereocenters. The van der Waals surface area contributed by atoms with E-state index in [0.29, 0.717) is 5.92 Å². The van der Waals surface area contributed by atoms with Crippen molar-refractivity contribution in [2.24, 2.45) is 5.92 Å². The van der Waals surface area contributed by atoms with Crippen molar-refractivity contribution in [1.29, 1.82) is 0 Å². The Morgan fingerprint density at radius 3 is 3.00 bits per heavy atom. The van der Waals surface area contributed by atoms with E-state index >= 15 is 0 Å². The topological polar surface area (TPSA) is 26.3 Å². The highest BCUT2D eigenvalue weighted by Gasteiger charge is 2.16. The van der Waals surface area contributed by atoms with E-state index in [1.165, 1.54) is 13.5 Å². The van der Waals surface area contributed by atoms with Crippen LogP contribution in [0, 0.1) is 5.92 Å². The van der Waals surface area contributed by atoms with Gasteiger partial charge in [0.2, 0.25) is 0 Å². The first-order valence-electron chi connectivity index (χ1n) is 4.01. The van der Waals surface area contributed by atoms with Crippen LogP contribution in [-0.2, 0) is 9.53 Å². The molecule has 2 heteroatoms. The van der Waals surface area contributed by atoms with Gasteiger partial charge >= 0.3 is 5.97 Å². The normalized spacial score (nSPS) is 24.2. The van der Waals surface area contributed by atoms with Gasteiger partial charge in [0, 0.05) is 5.57 Å². The molecule has 0 amide bonds. The predicted octanol–water partition coefficient (Wildman–Crippen LogP) is 1.91. The number of methoxy groups -OCH3 is 1. The number of carbonyl (C=O) groups is 1. The zero-order valence-electron chi connectivity index (χ0n) is 7.09. The molecule has 0 N–H and O–H groups in total. The van der Waals surface area contributed by atoms with E-state index < -0.39 is 0 Å². The van der Waals surface area contributed by atoms with Crippen molar-refractivity contribution in [2.45, 2.75) is 26.2 Å². The molecule has 0 aromatic rings. The van der Waals surface area contributed by atoms with Crippen molar-refractivity contribution < 1.29 is 9.53 Å². The van der Waals surface area contributed by atoms with Gasteiger partial charge in [-0.15, -0.1) is 0 Å². The predicted molar refractivity (Wildman–Crippen MR) is 43.1 cm³/mol. The highest BCUT2D eigenvalue weighted by atomic mass is 16.5. The first-order chi connectivity index (χ1) is 5.24. The Morgan fingerprint density at radius 2 is 2.45 bits per heavy atom. The van der Waals surface area contributed by atoms with Gasteiger partial charge < -0.3 is 4.74 Å². The minimum absolute atomic E-state index is 0.156. The Bertz CT molecular complexity index is 182. The Balaban J connectivity index is 2.57. The lowest BCUT2D eigenvalue weighted by molar-refractivity contribution is -0.136. The molecule has 0 bridgehead atoms. The molecule has 0 aliphatic heterocycles. The Hall–Kier alpha value is -0.790. The molecule has 0 saturated heterocycles. The van der Waals surface area contributed by atoms with Crippen LogP contribution in [-0.4, -0.2) is 13.1 Å². The zero-order valence-corrected chi connectivity index (χ0v) is 7.09. The third kappa shape index (κ3) is 2.07. The van der Waals surface area contributed by atoms with Crippen molar-refractivity contribution in [3.63, 3.8) is 0 Å². The van der Waals surface area contributed by atoms with Gasteiger partial charge in [-0.05, 0) is 25.2 Å². The number of carbonyl (C=O) groups excluding carboxylic acids is 1. The molecule has 0 aromatic heterocycles. The Kier molecular flexibility index (Phi) is 2.69. The zero-order chi connectivity index (χ0) is 8.27. The molecule has 0 saturated carbocycles. The molecule has 0 radical (unpaired) electrons. The minimum atomic E-state index is -0.156. The second-order valence-electron chi connectivity index (χ2n) is 3.11. The minimum Gasteiger partial charge on any atom is -0.466 e. The van der Waals surface area contributed by atoms with E-state index in [9.17, 15) is 4.79 Å². The summed E-state index contributed by atoms with van der Waals surface area (Å²) in [4.78, 5) is 11.0. The van der Waals surface area contributed by atoms with E-state index in [0.717, 1.165) is 18.4 Å². The quantitative estimate of drug-likeness (QED) is 0.539. The lowest BCUT2D eigenvalue weighted by Gasteiger charge is -2.16. The summed E-state index contributed by atoms with van der Waals surface area (Å²) in [5.41, 5.74) is 0.853. The molecule has 62 valence electrons. The maximum absolute atomic E-state index is 11.0. The van der Waals surface area contributed by atoms with Crippen LogP contribution in [0.2, 0.25) is 0 Å². The largest absolute Gasteiger partial charge is 0.466 e. The molecule has 1 aliphatic rings. The van der Waals surface area contributed by atoms with Gasteiger partial charge in [-0.1, -0.05) is 13.0 Å². The van der Waals surface area contributed by atoms with Crippen LogP contribution in [0.25, 0.3) is 0 Å². The molecule has 0 spiro atoms. The molecular formula is C9H14O2. The lowest BCUT2D eigenvalue weighted by Crippen LogP contribution is -2.11. The summed E-state index contributed by atoms with van der Waals surface area (Å²) >= 11 is 0. The number of esters is 1. The number of hydrogen-bond acceptors (Lipinski definition) is 2. The molecule has 0 heterocycles. The van der Waals surface area contributed by atoms with Gasteiger partial charge in [0.25, 0.3) is 0 Å². The summed E-state index contributed by atoms with van der Waals surface area (Å²) in [6.07, 6.45) is 5.09. The smallest absolute Gasteiger partial charge is 0.333 e. The van der Waals surface area contributed by atoms with Gasteiger partial charge in [-0.25, -0.2) is 4.79 Å². The van der Waals surface area contributed by atoms with Gasteiger partial charge in [0.05, 0.1) is 7.11 Å². The van der Waals surface area contributed by atoms with Crippen molar-refractivity contribution in [2.75, 3.05) is 7.11 Å². The second-order valence-corrected chi connectivity index (χ2v) is 3.11. The highest BCUT2D eigenvalue weighted by molar-refractivity contribution is 5.88. The second kappa shape index (κ2) is 3.56. The van der Waals surface area contributed by atoms with Crippen molar-refractivity contribution >= 4 is 5.97 Å². The van der Waals surface area contributed by atoms with E-state index in [2.05, 4.69) is 11.7 Å². The average molecular weight is 154 g/mol. The van der Waals surface area contributed by atoms with E-state index in [4.69, 9.17) is 0 Å². The number of hydrogen-bond donors (Lipinski definition) is 0. The third-order valence-corrected chi connectivity index (χ3v) is 2.07. The van der Waals surface area contributed by atoms with Gasteiger partial charge in [0.15, 0.2) is 0 Å². The number of allylic oxidation sites excluding steroid dienone is 1. The summed E-state index contributed by atoms with van der Waals surface area (Å²) in [5.74, 6) is 0.477. The van der Waals surface area contributed by atoms with Crippen LogP contribution in [0.4, 0.5) is 0 Å². The van der Waals surface area contributed by atoms with E-state index in [-0.39, 0.29) is 5.97 Å². The molecule has 2 nitrogen and oxygen atoms in total. The van der Waals surface area contributed by atoms with E-state index in [1.54, 1.807) is 0 Å². The van der Waals surface area contributed by atoms with Gasteiger partial charge in [-0.2, -0.15) is 0 Å². The van der Waals surface area contributed by atoms with Crippen LogP contribution >= 0.6 is 0 Å². The van der Waals surface area contributed by atoms with Crippen molar-refractivity contribution in [3.8, 4) is 0 Å². The first kappa shape index (κ1) is 8.31. The van der Waals surface area contributed by atoms with Crippen molar-refractivity contribution in [1.82, 2.24) is 0 Å². The summed E-state index contributed by atoms with van der Waals surface area (Å²) in [7, 11) is 1.43. The fraction of sp³-hybridized carbons (Fsp3) is 0.667. The van der Waals surface area contributed by atoms with Crippen LogP contribution in [0.5, 0.6) is 0 Å². The summed E-state index contributed by atoms with van der Waals surface area (Å²) in [6.45, 7) is 2.16. The SMILES string of the molecule is COC(=O)C1=CCCC(C)C1. The Labute approximate surface area is 67.2 Å². The molecule has 1 aliphatic carbocycles. The fourth-order valence-corrected chi connectivity index (χ4v) is 1.40. The maximum Gasteiger partial charge on any atom is 0.333 e. The van der Waals surface area contributed by atoms with Crippen LogP contribution < -0.4 is 0 Å². The van der Waals surface area contributed by atoms with Crippen LogP contribution in [0.3, 0.4) is 0 Å². The van der Waals surface area contributed by atoms with Crippen LogP contribution in [0.15, 0.2) is 11.6 Å². The summed E-state index contributed by atoms with van der Waals surface area (Å²) in [6, 6.07) is 0. The van der Waals surface area contributed by atoms with Gasteiger partial charge in [0.1, 0.15) is 0 Å². The number of rotatable bonds is 1. The molecule has 0 fully saturated rings. The van der Waals surface area contributed by atoms with Crippen molar-refractivity contribution in [3.05, 3.63) is 11.6 Å². The molecule has 1 rings (SSSR count). The summed E-state index contributed by atoms with van der Waals surface area (Å²) in [5, 5.41) is 0. The Morgan fingerprint density at radius 1 is 1.73 bits per heavy atom. The van der Waals surface area contributed by atoms with E-state index in [1.807, 2.05) is 6.08 Å². The average Bonchev–Trinajstić information content (AvgIpc) is 2.03. The molecular weight excluding hydrogens is 140 g/mol. The first-order valence-corrected chi connectivity index (χ1v) is 4.01.